The quantitative estimate of drug-likeness (QED) is 0.713. The number of rotatable bonds is 1. The second-order valence-corrected chi connectivity index (χ2v) is 4.43. The van der Waals surface area contributed by atoms with Crippen molar-refractivity contribution in [3.8, 4) is 11.1 Å². The molecule has 3 aromatic rings. The third kappa shape index (κ3) is 1.53. The summed E-state index contributed by atoms with van der Waals surface area (Å²) in [5.41, 5.74) is 3.40. The summed E-state index contributed by atoms with van der Waals surface area (Å²) in [6.07, 6.45) is 0. The minimum absolute atomic E-state index is 0.931. The Labute approximate surface area is 101 Å². The molecule has 3 heteroatoms. The Kier molecular flexibility index (Phi) is 2.26. The minimum atomic E-state index is 0.931. The van der Waals surface area contributed by atoms with E-state index in [9.17, 15) is 0 Å². The Morgan fingerprint density at radius 1 is 0.938 bits per heavy atom. The van der Waals surface area contributed by atoms with Crippen LogP contribution in [0.15, 0.2) is 53.1 Å². The van der Waals surface area contributed by atoms with Crippen molar-refractivity contribution in [3.05, 3.63) is 53.1 Å². The van der Waals surface area contributed by atoms with Crippen molar-refractivity contribution in [2.75, 3.05) is 0 Å². The van der Waals surface area contributed by atoms with Crippen LogP contribution in [0.1, 0.15) is 0 Å². The van der Waals surface area contributed by atoms with Gasteiger partial charge in [-0.05, 0) is 39.2 Å². The van der Waals surface area contributed by atoms with Crippen LogP contribution in [0.3, 0.4) is 0 Å². The second-order valence-electron chi connectivity index (χ2n) is 3.64. The second kappa shape index (κ2) is 3.76. The number of fused-ring (bicyclic) bond motifs is 1. The Morgan fingerprint density at radius 2 is 1.75 bits per heavy atom. The molecule has 0 saturated carbocycles. The SMILES string of the molecule is Brc1[nH]nc2ccc(-c3ccccc3)cc12. The van der Waals surface area contributed by atoms with Gasteiger partial charge in [-0.15, -0.1) is 0 Å². The van der Waals surface area contributed by atoms with Gasteiger partial charge in [0.2, 0.25) is 0 Å². The summed E-state index contributed by atoms with van der Waals surface area (Å²) in [4.78, 5) is 0. The van der Waals surface area contributed by atoms with Crippen LogP contribution in [-0.4, -0.2) is 10.2 Å². The van der Waals surface area contributed by atoms with E-state index in [1.807, 2.05) is 24.3 Å². The molecule has 0 atom stereocenters. The van der Waals surface area contributed by atoms with Crippen molar-refractivity contribution in [2.45, 2.75) is 0 Å². The third-order valence-corrected chi connectivity index (χ3v) is 3.22. The fourth-order valence-corrected chi connectivity index (χ4v) is 2.20. The molecule has 0 fully saturated rings. The molecule has 0 unspecified atom stereocenters. The van der Waals surface area contributed by atoms with E-state index >= 15 is 0 Å². The summed E-state index contributed by atoms with van der Waals surface area (Å²) in [5, 5.41) is 8.22. The Hall–Kier alpha value is -1.61. The van der Waals surface area contributed by atoms with Crippen molar-refractivity contribution in [3.63, 3.8) is 0 Å². The third-order valence-electron chi connectivity index (χ3n) is 2.61. The molecule has 2 nitrogen and oxygen atoms in total. The Balaban J connectivity index is 2.22. The van der Waals surface area contributed by atoms with Crippen molar-refractivity contribution in [1.29, 1.82) is 0 Å². The summed E-state index contributed by atoms with van der Waals surface area (Å²) in [5.74, 6) is 0. The normalized spacial score (nSPS) is 10.8. The van der Waals surface area contributed by atoms with Crippen LogP contribution in [0, 0.1) is 0 Å². The van der Waals surface area contributed by atoms with Crippen LogP contribution in [0.2, 0.25) is 0 Å². The number of nitrogens with one attached hydrogen (secondary N) is 1. The molecule has 3 rings (SSSR count). The first-order valence-corrected chi connectivity index (χ1v) is 5.83. The molecule has 0 aliphatic heterocycles. The largest absolute Gasteiger partial charge is 0.270 e. The topological polar surface area (TPSA) is 28.7 Å². The molecule has 0 amide bonds. The van der Waals surface area contributed by atoms with Crippen LogP contribution in [0.25, 0.3) is 22.0 Å². The van der Waals surface area contributed by atoms with Gasteiger partial charge in [0.15, 0.2) is 0 Å². The van der Waals surface area contributed by atoms with Crippen LogP contribution >= 0.6 is 15.9 Å². The average Bonchev–Trinajstić information content (AvgIpc) is 2.72. The predicted octanol–water partition coefficient (Wildman–Crippen LogP) is 3.99. The van der Waals surface area contributed by atoms with Crippen molar-refractivity contribution < 1.29 is 0 Å². The molecule has 0 saturated heterocycles. The zero-order valence-electron chi connectivity index (χ0n) is 8.44. The molecular formula is C13H9BrN2. The van der Waals surface area contributed by atoms with Gasteiger partial charge in [0.25, 0.3) is 0 Å². The van der Waals surface area contributed by atoms with Crippen LogP contribution < -0.4 is 0 Å². The summed E-state index contributed by atoms with van der Waals surface area (Å²) >= 11 is 3.46. The van der Waals surface area contributed by atoms with E-state index in [1.165, 1.54) is 11.1 Å². The lowest BCUT2D eigenvalue weighted by Crippen LogP contribution is -1.76. The molecule has 1 N–H and O–H groups in total. The number of H-pyrrole nitrogens is 1. The van der Waals surface area contributed by atoms with Crippen LogP contribution in [-0.2, 0) is 0 Å². The number of aromatic nitrogens is 2. The molecule has 2 aromatic carbocycles. The molecule has 78 valence electrons. The average molecular weight is 273 g/mol. The highest BCUT2D eigenvalue weighted by molar-refractivity contribution is 9.10. The first-order valence-electron chi connectivity index (χ1n) is 5.03. The summed E-state index contributed by atoms with van der Waals surface area (Å²) in [7, 11) is 0. The molecule has 0 aliphatic rings. The summed E-state index contributed by atoms with van der Waals surface area (Å²) in [6, 6.07) is 16.6. The maximum atomic E-state index is 4.18. The number of hydrogen-bond acceptors (Lipinski definition) is 1. The molecule has 16 heavy (non-hydrogen) atoms. The van der Waals surface area contributed by atoms with Crippen molar-refractivity contribution in [2.24, 2.45) is 0 Å². The van der Waals surface area contributed by atoms with E-state index in [0.717, 1.165) is 15.5 Å². The molecular weight excluding hydrogens is 264 g/mol. The lowest BCUT2D eigenvalue weighted by atomic mass is 10.0. The van der Waals surface area contributed by atoms with E-state index in [2.05, 4.69) is 50.4 Å². The van der Waals surface area contributed by atoms with Gasteiger partial charge in [0.05, 0.1) is 5.52 Å². The molecule has 0 aliphatic carbocycles. The molecule has 0 bridgehead atoms. The number of hydrogen-bond donors (Lipinski definition) is 1. The standard InChI is InChI=1S/C13H9BrN2/c14-13-11-8-10(6-7-12(11)15-16-13)9-4-2-1-3-5-9/h1-8H,(H,15,16). The van der Waals surface area contributed by atoms with Gasteiger partial charge in [-0.2, -0.15) is 5.10 Å². The lowest BCUT2D eigenvalue weighted by Gasteiger charge is -2.00. The fraction of sp³-hybridized carbons (Fsp3) is 0. The number of nitrogens with zero attached hydrogens (tertiary/aromatic N) is 1. The highest BCUT2D eigenvalue weighted by atomic mass is 79.9. The molecule has 1 aromatic heterocycles. The first-order chi connectivity index (χ1) is 7.84. The van der Waals surface area contributed by atoms with Crippen LogP contribution in [0.4, 0.5) is 0 Å². The van der Waals surface area contributed by atoms with Crippen LogP contribution in [0.5, 0.6) is 0 Å². The minimum Gasteiger partial charge on any atom is -0.270 e. The Bertz CT molecular complexity index is 629. The zero-order chi connectivity index (χ0) is 11.0. The highest BCUT2D eigenvalue weighted by Crippen LogP contribution is 2.27. The Morgan fingerprint density at radius 3 is 2.56 bits per heavy atom. The maximum Gasteiger partial charge on any atom is 0.108 e. The first kappa shape index (κ1) is 9.60. The summed E-state index contributed by atoms with van der Waals surface area (Å²) in [6.45, 7) is 0. The smallest absolute Gasteiger partial charge is 0.108 e. The molecule has 0 radical (unpaired) electrons. The highest BCUT2D eigenvalue weighted by Gasteiger charge is 2.04. The van der Waals surface area contributed by atoms with E-state index < -0.39 is 0 Å². The maximum absolute atomic E-state index is 4.18. The number of halogens is 1. The van der Waals surface area contributed by atoms with Crippen molar-refractivity contribution in [1.82, 2.24) is 10.2 Å². The number of benzene rings is 2. The van der Waals surface area contributed by atoms with Gasteiger partial charge in [-0.3, -0.25) is 5.10 Å². The van der Waals surface area contributed by atoms with Gasteiger partial charge >= 0.3 is 0 Å². The van der Waals surface area contributed by atoms with Gasteiger partial charge in [-0.1, -0.05) is 36.4 Å². The predicted molar refractivity (Wildman–Crippen MR) is 69.2 cm³/mol. The van der Waals surface area contributed by atoms with E-state index in [4.69, 9.17) is 0 Å². The van der Waals surface area contributed by atoms with Gasteiger partial charge in [0.1, 0.15) is 4.60 Å². The monoisotopic (exact) mass is 272 g/mol. The number of aromatic amines is 1. The zero-order valence-corrected chi connectivity index (χ0v) is 10.0. The van der Waals surface area contributed by atoms with Gasteiger partial charge in [-0.25, -0.2) is 0 Å². The molecule has 1 heterocycles. The van der Waals surface area contributed by atoms with Crippen molar-refractivity contribution >= 4 is 26.8 Å². The van der Waals surface area contributed by atoms with Gasteiger partial charge in [0, 0.05) is 5.39 Å². The molecule has 0 spiro atoms. The fourth-order valence-electron chi connectivity index (χ4n) is 1.79. The van der Waals surface area contributed by atoms with Gasteiger partial charge < -0.3 is 0 Å². The van der Waals surface area contributed by atoms with E-state index in [1.54, 1.807) is 0 Å². The van der Waals surface area contributed by atoms with E-state index in [0.29, 0.717) is 0 Å². The van der Waals surface area contributed by atoms with E-state index in [-0.39, 0.29) is 0 Å². The lowest BCUT2D eigenvalue weighted by molar-refractivity contribution is 1.10. The summed E-state index contributed by atoms with van der Waals surface area (Å²) < 4.78 is 0.931.